The van der Waals surface area contributed by atoms with Crippen molar-refractivity contribution in [1.82, 2.24) is 10.9 Å². The molecule has 0 saturated carbocycles. The van der Waals surface area contributed by atoms with E-state index in [0.717, 1.165) is 36.5 Å². The van der Waals surface area contributed by atoms with Gasteiger partial charge >= 0.3 is 0 Å². The fourth-order valence-electron chi connectivity index (χ4n) is 1.36. The van der Waals surface area contributed by atoms with Gasteiger partial charge in [0.1, 0.15) is 5.75 Å². The van der Waals surface area contributed by atoms with Gasteiger partial charge in [0.15, 0.2) is 0 Å². The van der Waals surface area contributed by atoms with Crippen molar-refractivity contribution in [2.75, 3.05) is 6.61 Å². The number of unbranched alkanes of at least 4 members (excludes halogenated alkanes) is 1. The molecule has 0 amide bonds. The SMILES string of the molecule is CCCCOc1ccc(C(C)=NNC(=S)NN)cc1. The second kappa shape index (κ2) is 8.44. The number of hydrazone groups is 1. The molecule has 0 spiro atoms. The van der Waals surface area contributed by atoms with Crippen LogP contribution in [0.15, 0.2) is 29.4 Å². The summed E-state index contributed by atoms with van der Waals surface area (Å²) in [6, 6.07) is 7.79. The van der Waals surface area contributed by atoms with E-state index in [1.165, 1.54) is 0 Å². The van der Waals surface area contributed by atoms with E-state index in [2.05, 4.69) is 22.9 Å². The maximum atomic E-state index is 5.59. The fraction of sp³-hybridized carbons (Fsp3) is 0.385. The molecule has 0 unspecified atom stereocenters. The summed E-state index contributed by atoms with van der Waals surface area (Å²) < 4.78 is 5.59. The molecule has 0 radical (unpaired) electrons. The second-order valence-corrected chi connectivity index (χ2v) is 4.42. The summed E-state index contributed by atoms with van der Waals surface area (Å²) in [5.41, 5.74) is 6.75. The van der Waals surface area contributed by atoms with Gasteiger partial charge in [-0.15, -0.1) is 0 Å². The number of nitrogens with zero attached hydrogens (tertiary/aromatic N) is 1. The number of ether oxygens (including phenoxy) is 1. The van der Waals surface area contributed by atoms with E-state index in [4.69, 9.17) is 22.8 Å². The number of hydrogen-bond acceptors (Lipinski definition) is 4. The molecule has 0 fully saturated rings. The first-order valence-corrected chi connectivity index (χ1v) is 6.62. The molecule has 0 heterocycles. The Morgan fingerprint density at radius 1 is 1.37 bits per heavy atom. The van der Waals surface area contributed by atoms with Crippen molar-refractivity contribution < 1.29 is 4.74 Å². The standard InChI is InChI=1S/C13H20N4OS/c1-3-4-9-18-12-7-5-11(6-8-12)10(2)16-17-13(19)15-14/h5-8H,3-4,9,14H2,1-2H3,(H2,15,17,19). The first kappa shape index (κ1) is 15.4. The van der Waals surface area contributed by atoms with Crippen LogP contribution in [-0.2, 0) is 0 Å². The zero-order valence-corrected chi connectivity index (χ0v) is 12.1. The van der Waals surface area contributed by atoms with E-state index >= 15 is 0 Å². The molecule has 1 aromatic rings. The molecule has 0 saturated heterocycles. The highest BCUT2D eigenvalue weighted by Gasteiger charge is 1.99. The summed E-state index contributed by atoms with van der Waals surface area (Å²) in [5, 5.41) is 4.39. The summed E-state index contributed by atoms with van der Waals surface area (Å²) in [7, 11) is 0. The minimum Gasteiger partial charge on any atom is -0.494 e. The Balaban J connectivity index is 2.57. The summed E-state index contributed by atoms with van der Waals surface area (Å²) in [4.78, 5) is 0. The van der Waals surface area contributed by atoms with Gasteiger partial charge in [-0.25, -0.2) is 5.84 Å². The first-order chi connectivity index (χ1) is 9.17. The van der Waals surface area contributed by atoms with Gasteiger partial charge in [-0.3, -0.25) is 10.9 Å². The normalized spacial score (nSPS) is 11.0. The van der Waals surface area contributed by atoms with Crippen LogP contribution in [0.4, 0.5) is 0 Å². The van der Waals surface area contributed by atoms with Gasteiger partial charge < -0.3 is 4.74 Å². The number of nitrogens with two attached hydrogens (primary N) is 1. The Hall–Kier alpha value is -1.66. The van der Waals surface area contributed by atoms with Crippen LogP contribution >= 0.6 is 12.2 Å². The van der Waals surface area contributed by atoms with Gasteiger partial charge in [0.25, 0.3) is 0 Å². The molecule has 4 N–H and O–H groups in total. The minimum atomic E-state index is 0.277. The molecule has 104 valence electrons. The zero-order chi connectivity index (χ0) is 14.1. The first-order valence-electron chi connectivity index (χ1n) is 6.21. The minimum absolute atomic E-state index is 0.277. The third kappa shape index (κ3) is 5.67. The molecule has 0 atom stereocenters. The monoisotopic (exact) mass is 280 g/mol. The molecule has 0 aliphatic heterocycles. The zero-order valence-electron chi connectivity index (χ0n) is 11.3. The Bertz CT molecular complexity index is 431. The van der Waals surface area contributed by atoms with Crippen molar-refractivity contribution in [3.05, 3.63) is 29.8 Å². The lowest BCUT2D eigenvalue weighted by atomic mass is 10.1. The van der Waals surface area contributed by atoms with Gasteiger partial charge in [-0.05, 0) is 55.4 Å². The molecule has 5 nitrogen and oxygen atoms in total. The number of hydrazine groups is 1. The Kier molecular flexibility index (Phi) is 6.84. The lowest BCUT2D eigenvalue weighted by Gasteiger charge is -2.07. The quantitative estimate of drug-likeness (QED) is 0.244. The van der Waals surface area contributed by atoms with Crippen LogP contribution in [0.25, 0.3) is 0 Å². The average Bonchev–Trinajstić information content (AvgIpc) is 2.45. The van der Waals surface area contributed by atoms with E-state index in [9.17, 15) is 0 Å². The smallest absolute Gasteiger partial charge is 0.201 e. The number of nitrogens with one attached hydrogen (secondary N) is 2. The van der Waals surface area contributed by atoms with Gasteiger partial charge in [-0.1, -0.05) is 13.3 Å². The van der Waals surface area contributed by atoms with Crippen LogP contribution < -0.4 is 21.4 Å². The molecule has 6 heteroatoms. The van der Waals surface area contributed by atoms with Crippen LogP contribution in [0.1, 0.15) is 32.3 Å². The average molecular weight is 280 g/mol. The summed E-state index contributed by atoms with van der Waals surface area (Å²) in [5.74, 6) is 6.01. The second-order valence-electron chi connectivity index (χ2n) is 4.01. The van der Waals surface area contributed by atoms with Crippen molar-refractivity contribution in [3.63, 3.8) is 0 Å². The molecule has 0 bridgehead atoms. The van der Waals surface area contributed by atoms with E-state index in [-0.39, 0.29) is 5.11 Å². The van der Waals surface area contributed by atoms with E-state index in [1.54, 1.807) is 0 Å². The van der Waals surface area contributed by atoms with Crippen LogP contribution in [0.3, 0.4) is 0 Å². The van der Waals surface area contributed by atoms with Crippen LogP contribution in [0.2, 0.25) is 0 Å². The van der Waals surface area contributed by atoms with Crippen molar-refractivity contribution >= 4 is 23.0 Å². The lowest BCUT2D eigenvalue weighted by molar-refractivity contribution is 0.309. The number of rotatable bonds is 6. The van der Waals surface area contributed by atoms with Gasteiger partial charge in [-0.2, -0.15) is 5.10 Å². The predicted molar refractivity (Wildman–Crippen MR) is 82.1 cm³/mol. The highest BCUT2D eigenvalue weighted by Crippen LogP contribution is 2.13. The molecule has 19 heavy (non-hydrogen) atoms. The Morgan fingerprint density at radius 2 is 2.05 bits per heavy atom. The summed E-state index contributed by atoms with van der Waals surface area (Å²) >= 11 is 4.83. The third-order valence-corrected chi connectivity index (χ3v) is 2.70. The Morgan fingerprint density at radius 3 is 2.63 bits per heavy atom. The van der Waals surface area contributed by atoms with E-state index in [1.807, 2.05) is 31.2 Å². The highest BCUT2D eigenvalue weighted by atomic mass is 32.1. The van der Waals surface area contributed by atoms with Gasteiger partial charge in [0.2, 0.25) is 5.11 Å². The predicted octanol–water partition coefficient (Wildman–Crippen LogP) is 1.93. The third-order valence-electron chi connectivity index (χ3n) is 2.49. The van der Waals surface area contributed by atoms with Crippen LogP contribution in [0.5, 0.6) is 5.75 Å². The molecular formula is C13H20N4OS. The fourth-order valence-corrected chi connectivity index (χ4v) is 1.40. The van der Waals surface area contributed by atoms with Gasteiger partial charge in [0, 0.05) is 0 Å². The maximum Gasteiger partial charge on any atom is 0.201 e. The topological polar surface area (TPSA) is 71.7 Å². The maximum absolute atomic E-state index is 5.59. The molecular weight excluding hydrogens is 260 g/mol. The number of thiocarbonyl (C=S) groups is 1. The van der Waals surface area contributed by atoms with Crippen molar-refractivity contribution in [2.24, 2.45) is 10.9 Å². The van der Waals surface area contributed by atoms with E-state index < -0.39 is 0 Å². The molecule has 1 aromatic carbocycles. The Labute approximate surface area is 119 Å². The molecule has 0 aromatic heterocycles. The van der Waals surface area contributed by atoms with Crippen molar-refractivity contribution in [1.29, 1.82) is 0 Å². The van der Waals surface area contributed by atoms with E-state index in [0.29, 0.717) is 0 Å². The molecule has 0 aliphatic rings. The largest absolute Gasteiger partial charge is 0.494 e. The highest BCUT2D eigenvalue weighted by molar-refractivity contribution is 7.80. The van der Waals surface area contributed by atoms with Crippen LogP contribution in [-0.4, -0.2) is 17.4 Å². The lowest BCUT2D eigenvalue weighted by Crippen LogP contribution is -2.37. The molecule has 1 rings (SSSR count). The number of benzene rings is 1. The van der Waals surface area contributed by atoms with Crippen LogP contribution in [0, 0.1) is 0 Å². The van der Waals surface area contributed by atoms with Crippen molar-refractivity contribution in [3.8, 4) is 5.75 Å². The molecule has 0 aliphatic carbocycles. The summed E-state index contributed by atoms with van der Waals surface area (Å²) in [6.45, 7) is 4.78. The van der Waals surface area contributed by atoms with Gasteiger partial charge in [0.05, 0.1) is 12.3 Å². The van der Waals surface area contributed by atoms with Crippen molar-refractivity contribution in [2.45, 2.75) is 26.7 Å². The number of hydrogen-bond donors (Lipinski definition) is 3. The summed E-state index contributed by atoms with van der Waals surface area (Å²) in [6.07, 6.45) is 2.19.